The van der Waals surface area contributed by atoms with Crippen molar-refractivity contribution in [3.8, 4) is 0 Å². The van der Waals surface area contributed by atoms with Gasteiger partial charge in [-0.3, -0.25) is 4.79 Å². The topological polar surface area (TPSA) is 32.3 Å². The first kappa shape index (κ1) is 15.8. The van der Waals surface area contributed by atoms with Gasteiger partial charge in [0.05, 0.1) is 6.04 Å². The van der Waals surface area contributed by atoms with Gasteiger partial charge in [-0.05, 0) is 50.7 Å². The van der Waals surface area contributed by atoms with Gasteiger partial charge in [-0.25, -0.2) is 0 Å². The Balaban J connectivity index is 2.41. The Morgan fingerprint density at radius 2 is 2.28 bits per heavy atom. The highest BCUT2D eigenvalue weighted by molar-refractivity contribution is 7.99. The molecule has 1 saturated heterocycles. The normalized spacial score (nSPS) is 22.3. The molecule has 1 rings (SSSR count). The van der Waals surface area contributed by atoms with Crippen molar-refractivity contribution < 1.29 is 4.79 Å². The van der Waals surface area contributed by atoms with E-state index < -0.39 is 0 Å². The largest absolute Gasteiger partial charge is 0.339 e. The zero-order chi connectivity index (χ0) is 13.4. The molecule has 0 saturated carbocycles. The Hall–Kier alpha value is -0.220. The van der Waals surface area contributed by atoms with Crippen LogP contribution in [0.5, 0.6) is 0 Å². The lowest BCUT2D eigenvalue weighted by Gasteiger charge is -2.37. The summed E-state index contributed by atoms with van der Waals surface area (Å²) in [6.45, 7) is 8.41. The predicted octanol–water partition coefficient (Wildman–Crippen LogP) is 2.51. The van der Waals surface area contributed by atoms with E-state index in [0.717, 1.165) is 44.5 Å². The summed E-state index contributed by atoms with van der Waals surface area (Å²) in [6, 6.07) is 0.461. The average Bonchev–Trinajstić information content (AvgIpc) is 2.37. The maximum atomic E-state index is 12.4. The zero-order valence-corrected chi connectivity index (χ0v) is 12.9. The zero-order valence-electron chi connectivity index (χ0n) is 12.1. The Morgan fingerprint density at radius 1 is 1.50 bits per heavy atom. The number of amides is 1. The molecule has 0 bridgehead atoms. The number of rotatable bonds is 8. The number of hydrogen-bond acceptors (Lipinski definition) is 3. The minimum absolute atomic E-state index is 0.0694. The average molecular weight is 272 g/mol. The maximum Gasteiger partial charge on any atom is 0.239 e. The van der Waals surface area contributed by atoms with Gasteiger partial charge >= 0.3 is 0 Å². The van der Waals surface area contributed by atoms with Crippen LogP contribution >= 0.6 is 11.8 Å². The summed E-state index contributed by atoms with van der Waals surface area (Å²) in [7, 11) is 0. The maximum absolute atomic E-state index is 12.4. The van der Waals surface area contributed by atoms with Crippen molar-refractivity contribution in [3.05, 3.63) is 0 Å². The highest BCUT2D eigenvalue weighted by atomic mass is 32.2. The molecule has 4 heteroatoms. The molecule has 1 amide bonds. The van der Waals surface area contributed by atoms with Crippen LogP contribution in [0.1, 0.15) is 46.5 Å². The van der Waals surface area contributed by atoms with E-state index in [1.54, 1.807) is 0 Å². The minimum atomic E-state index is 0.0694. The molecule has 0 aromatic rings. The number of nitrogens with one attached hydrogen (secondary N) is 1. The molecule has 106 valence electrons. The molecule has 0 aliphatic carbocycles. The molecule has 1 heterocycles. The first-order valence-corrected chi connectivity index (χ1v) is 8.47. The standard InChI is InChI=1S/C14H28N2OS/c1-4-9-15-13-7-6-10-16(14(13)17)12(3)8-11-18-5-2/h12-13,15H,4-11H2,1-3H3. The van der Waals surface area contributed by atoms with E-state index in [1.165, 1.54) is 5.75 Å². The number of carbonyl (C=O) groups excluding carboxylic acids is 1. The van der Waals surface area contributed by atoms with Gasteiger partial charge in [0.15, 0.2) is 0 Å². The third-order valence-electron chi connectivity index (χ3n) is 3.53. The van der Waals surface area contributed by atoms with E-state index in [0.29, 0.717) is 11.9 Å². The fourth-order valence-electron chi connectivity index (χ4n) is 2.40. The Labute approximate surface area is 116 Å². The van der Waals surface area contributed by atoms with E-state index in [-0.39, 0.29) is 6.04 Å². The lowest BCUT2D eigenvalue weighted by atomic mass is 10.0. The molecule has 0 aromatic carbocycles. The number of thioether (sulfide) groups is 1. The van der Waals surface area contributed by atoms with E-state index >= 15 is 0 Å². The van der Waals surface area contributed by atoms with E-state index in [1.807, 2.05) is 11.8 Å². The van der Waals surface area contributed by atoms with E-state index in [9.17, 15) is 4.79 Å². The lowest BCUT2D eigenvalue weighted by molar-refractivity contribution is -0.138. The summed E-state index contributed by atoms with van der Waals surface area (Å²) in [5, 5.41) is 3.38. The molecule has 0 aromatic heterocycles. The summed E-state index contributed by atoms with van der Waals surface area (Å²) in [4.78, 5) is 14.5. The molecular formula is C14H28N2OS. The van der Waals surface area contributed by atoms with Gasteiger partial charge < -0.3 is 10.2 Å². The second kappa shape index (κ2) is 8.81. The van der Waals surface area contributed by atoms with Gasteiger partial charge in [-0.1, -0.05) is 13.8 Å². The first-order chi connectivity index (χ1) is 8.70. The van der Waals surface area contributed by atoms with Crippen molar-refractivity contribution in [2.45, 2.75) is 58.5 Å². The highest BCUT2D eigenvalue weighted by Gasteiger charge is 2.30. The van der Waals surface area contributed by atoms with Crippen molar-refractivity contribution in [2.75, 3.05) is 24.6 Å². The van der Waals surface area contributed by atoms with Crippen molar-refractivity contribution in [2.24, 2.45) is 0 Å². The van der Waals surface area contributed by atoms with E-state index in [4.69, 9.17) is 0 Å². The molecule has 2 unspecified atom stereocenters. The van der Waals surface area contributed by atoms with Crippen LogP contribution in [-0.2, 0) is 4.79 Å². The Kier molecular flexibility index (Phi) is 7.75. The summed E-state index contributed by atoms with van der Waals surface area (Å²) in [6.07, 6.45) is 4.35. The van der Waals surface area contributed by atoms with Crippen LogP contribution in [0.15, 0.2) is 0 Å². The van der Waals surface area contributed by atoms with Gasteiger partial charge in [-0.2, -0.15) is 11.8 Å². The fraction of sp³-hybridized carbons (Fsp3) is 0.929. The summed E-state index contributed by atoms with van der Waals surface area (Å²) in [5.74, 6) is 2.65. The molecule has 3 nitrogen and oxygen atoms in total. The third-order valence-corrected chi connectivity index (χ3v) is 4.46. The van der Waals surface area contributed by atoms with Crippen molar-refractivity contribution >= 4 is 17.7 Å². The highest BCUT2D eigenvalue weighted by Crippen LogP contribution is 2.17. The molecule has 1 aliphatic heterocycles. The number of carbonyl (C=O) groups is 1. The van der Waals surface area contributed by atoms with Crippen LogP contribution < -0.4 is 5.32 Å². The lowest BCUT2D eigenvalue weighted by Crippen LogP contribution is -2.53. The van der Waals surface area contributed by atoms with Crippen LogP contribution in [0, 0.1) is 0 Å². The second-order valence-electron chi connectivity index (χ2n) is 5.02. The van der Waals surface area contributed by atoms with Crippen LogP contribution in [0.4, 0.5) is 0 Å². The molecular weight excluding hydrogens is 244 g/mol. The van der Waals surface area contributed by atoms with Crippen LogP contribution in [0.2, 0.25) is 0 Å². The van der Waals surface area contributed by atoms with Crippen LogP contribution in [-0.4, -0.2) is 47.5 Å². The monoisotopic (exact) mass is 272 g/mol. The predicted molar refractivity (Wildman–Crippen MR) is 80.1 cm³/mol. The number of piperidine rings is 1. The van der Waals surface area contributed by atoms with E-state index in [2.05, 4.69) is 31.0 Å². The van der Waals surface area contributed by atoms with Gasteiger partial charge in [0.2, 0.25) is 5.91 Å². The SMILES string of the molecule is CCCNC1CCCN(C(C)CCSCC)C1=O. The third kappa shape index (κ3) is 4.81. The Morgan fingerprint density at radius 3 is 2.94 bits per heavy atom. The van der Waals surface area contributed by atoms with Crippen LogP contribution in [0.25, 0.3) is 0 Å². The van der Waals surface area contributed by atoms with Gasteiger partial charge in [0, 0.05) is 12.6 Å². The van der Waals surface area contributed by atoms with Gasteiger partial charge in [0.25, 0.3) is 0 Å². The van der Waals surface area contributed by atoms with Gasteiger partial charge in [-0.15, -0.1) is 0 Å². The molecule has 0 radical (unpaired) electrons. The molecule has 1 aliphatic rings. The molecule has 2 atom stereocenters. The number of nitrogens with zero attached hydrogens (tertiary/aromatic N) is 1. The van der Waals surface area contributed by atoms with Crippen molar-refractivity contribution in [3.63, 3.8) is 0 Å². The first-order valence-electron chi connectivity index (χ1n) is 7.32. The summed E-state index contributed by atoms with van der Waals surface area (Å²) < 4.78 is 0. The smallest absolute Gasteiger partial charge is 0.239 e. The molecule has 18 heavy (non-hydrogen) atoms. The molecule has 1 N–H and O–H groups in total. The summed E-state index contributed by atoms with van der Waals surface area (Å²) >= 11 is 1.96. The fourth-order valence-corrected chi connectivity index (χ4v) is 3.20. The molecule has 1 fully saturated rings. The van der Waals surface area contributed by atoms with Crippen molar-refractivity contribution in [1.29, 1.82) is 0 Å². The van der Waals surface area contributed by atoms with Crippen LogP contribution in [0.3, 0.4) is 0 Å². The Bertz CT molecular complexity index is 248. The number of likely N-dealkylation sites (tertiary alicyclic amines) is 1. The second-order valence-corrected chi connectivity index (χ2v) is 6.41. The van der Waals surface area contributed by atoms with Crippen molar-refractivity contribution in [1.82, 2.24) is 10.2 Å². The minimum Gasteiger partial charge on any atom is -0.339 e. The quantitative estimate of drug-likeness (QED) is 0.689. The summed E-state index contributed by atoms with van der Waals surface area (Å²) in [5.41, 5.74) is 0. The van der Waals surface area contributed by atoms with Gasteiger partial charge in [0.1, 0.15) is 0 Å². The number of hydrogen-bond donors (Lipinski definition) is 1. The molecule has 0 spiro atoms.